The van der Waals surface area contributed by atoms with E-state index in [-0.39, 0.29) is 51.2 Å². The van der Waals surface area contributed by atoms with E-state index < -0.39 is 25.4 Å². The van der Waals surface area contributed by atoms with Crippen molar-refractivity contribution in [1.29, 1.82) is 0 Å². The monoisotopic (exact) mass is 608 g/mol. The van der Waals surface area contributed by atoms with Gasteiger partial charge in [0.05, 0.1) is 11.1 Å². The van der Waals surface area contributed by atoms with Crippen molar-refractivity contribution in [3.63, 3.8) is 0 Å². The summed E-state index contributed by atoms with van der Waals surface area (Å²) in [6.07, 6.45) is 0. The predicted molar refractivity (Wildman–Crippen MR) is 156 cm³/mol. The molecule has 1 atom stereocenters. The van der Waals surface area contributed by atoms with Crippen molar-refractivity contribution in [2.24, 2.45) is 0 Å². The molecule has 0 aliphatic carbocycles. The smallest absolute Gasteiger partial charge is 0.508 e. The van der Waals surface area contributed by atoms with Crippen LogP contribution in [0.25, 0.3) is 0 Å². The van der Waals surface area contributed by atoms with Crippen LogP contribution in [-0.2, 0) is 14.9 Å². The fourth-order valence-electron chi connectivity index (χ4n) is 5.38. The average molecular weight is 608 g/mol. The van der Waals surface area contributed by atoms with Gasteiger partial charge in [0.25, 0.3) is 0 Å². The normalized spacial score (nSPS) is 16.1. The van der Waals surface area contributed by atoms with Crippen LogP contribution >= 0.6 is 7.82 Å². The highest BCUT2D eigenvalue weighted by Gasteiger charge is 2.55. The van der Waals surface area contributed by atoms with Gasteiger partial charge < -0.3 is 33.3 Å². The number of aromatic hydroxyl groups is 1. The number of phenolic OH excluding ortho intramolecular Hbond substituents is 1. The number of carboxylic acid groups (broad SMARTS) is 1. The number of phosphoric ester groups is 1. The van der Waals surface area contributed by atoms with Gasteiger partial charge in [0, 0.05) is 28.8 Å². The van der Waals surface area contributed by atoms with Crippen molar-refractivity contribution in [1.82, 2.24) is 0 Å². The van der Waals surface area contributed by atoms with E-state index in [1.54, 1.807) is 78.9 Å². The second-order valence-corrected chi connectivity index (χ2v) is 11.3. The molecule has 2 N–H and O–H groups in total. The summed E-state index contributed by atoms with van der Waals surface area (Å²) < 4.78 is 43.5. The summed E-state index contributed by atoms with van der Waals surface area (Å²) >= 11 is 0. The Balaban J connectivity index is 1.35. The number of benzene rings is 5. The lowest BCUT2D eigenvalue weighted by Crippen LogP contribution is -2.33. The highest BCUT2D eigenvalue weighted by molar-refractivity contribution is 7.49. The fraction of sp³-hybridized carbons (Fsp3) is 0.0303. The number of phosphoric acid groups is 1. The van der Waals surface area contributed by atoms with E-state index in [2.05, 4.69) is 0 Å². The van der Waals surface area contributed by atoms with Crippen molar-refractivity contribution in [3.05, 3.63) is 143 Å². The average Bonchev–Trinajstić information content (AvgIpc) is 3.30. The van der Waals surface area contributed by atoms with Crippen molar-refractivity contribution < 1.29 is 47.4 Å². The third-order valence-electron chi connectivity index (χ3n) is 7.16. The summed E-state index contributed by atoms with van der Waals surface area (Å²) in [6.45, 7) is 0. The van der Waals surface area contributed by atoms with Gasteiger partial charge in [-0.1, -0.05) is 48.5 Å². The van der Waals surface area contributed by atoms with Gasteiger partial charge in [0.15, 0.2) is 5.60 Å². The predicted octanol–water partition coefficient (Wildman–Crippen LogP) is 7.30. The van der Waals surface area contributed by atoms with Gasteiger partial charge in [-0.25, -0.2) is 9.59 Å². The van der Waals surface area contributed by atoms with Gasteiger partial charge in [0.1, 0.15) is 34.5 Å². The van der Waals surface area contributed by atoms with Gasteiger partial charge in [-0.3, -0.25) is 0 Å². The lowest BCUT2D eigenvalue weighted by atomic mass is 9.77. The maximum Gasteiger partial charge on any atom is 0.647 e. The lowest BCUT2D eigenvalue weighted by molar-refractivity contribution is 0.0222. The van der Waals surface area contributed by atoms with E-state index in [9.17, 15) is 24.4 Å². The molecule has 10 nitrogen and oxygen atoms in total. The Bertz CT molecular complexity index is 1950. The van der Waals surface area contributed by atoms with Crippen molar-refractivity contribution in [3.8, 4) is 34.5 Å². The Morgan fingerprint density at radius 2 is 1.27 bits per heavy atom. The maximum atomic E-state index is 14.0. The van der Waals surface area contributed by atoms with Crippen LogP contribution in [-0.4, -0.2) is 22.2 Å². The number of hydrogen-bond acceptors (Lipinski definition) is 9. The number of carbonyl (C=O) groups is 2. The molecule has 0 fully saturated rings. The Labute approximate surface area is 250 Å². The molecule has 0 aromatic heterocycles. The topological polar surface area (TPSA) is 138 Å². The van der Waals surface area contributed by atoms with Crippen LogP contribution in [0.2, 0.25) is 0 Å². The lowest BCUT2D eigenvalue weighted by Gasteiger charge is -2.36. The molecule has 0 amide bonds. The molecule has 5 aromatic rings. The van der Waals surface area contributed by atoms with E-state index in [0.29, 0.717) is 11.1 Å². The minimum Gasteiger partial charge on any atom is -0.508 e. The highest BCUT2D eigenvalue weighted by Crippen LogP contribution is 2.58. The summed E-state index contributed by atoms with van der Waals surface area (Å²) in [7, 11) is -4.36. The molecule has 1 spiro atoms. The van der Waals surface area contributed by atoms with Crippen molar-refractivity contribution in [2.45, 2.75) is 5.60 Å². The molecule has 5 aromatic carbocycles. The summed E-state index contributed by atoms with van der Waals surface area (Å²) in [4.78, 5) is 25.3. The second kappa shape index (κ2) is 10.2. The minimum absolute atomic E-state index is 0.0292. The molecule has 0 radical (unpaired) electrons. The summed E-state index contributed by atoms with van der Waals surface area (Å²) in [5, 5.41) is 20.1. The zero-order valence-electron chi connectivity index (χ0n) is 22.6. The van der Waals surface area contributed by atoms with E-state index in [1.165, 1.54) is 36.4 Å². The number of para-hydroxylation sites is 2. The summed E-state index contributed by atoms with van der Waals surface area (Å²) in [5.74, 6) is -1.43. The zero-order chi connectivity index (χ0) is 30.5. The van der Waals surface area contributed by atoms with Gasteiger partial charge >= 0.3 is 19.8 Å². The summed E-state index contributed by atoms with van der Waals surface area (Å²) in [5.41, 5.74) is -0.910. The number of hydrogen-bond donors (Lipinski definition) is 2. The minimum atomic E-state index is -4.36. The first-order valence-electron chi connectivity index (χ1n) is 13.3. The molecule has 7 rings (SSSR count). The second-order valence-electron chi connectivity index (χ2n) is 9.89. The third-order valence-corrected chi connectivity index (χ3v) is 8.46. The number of carboxylic acids is 1. The van der Waals surface area contributed by atoms with Crippen LogP contribution in [0.15, 0.2) is 115 Å². The molecule has 0 saturated carbocycles. The van der Waals surface area contributed by atoms with Crippen molar-refractivity contribution in [2.75, 3.05) is 0 Å². The standard InChI is InChI=1S/C33H21O10P/c34-20-14-16-25-28(18-20)39-29-19-23(43-44(38,41-21-8-3-1-4-9-21)42-22-10-5-2-6-11-22)15-17-26(29)33(25)27-13-7-12-24(31(35)36)30(27)32(37)40-33/h1-19,34H,(H,35,36). The quantitative estimate of drug-likeness (QED) is 0.143. The molecule has 2 aliphatic heterocycles. The van der Waals surface area contributed by atoms with Crippen LogP contribution in [0.5, 0.6) is 34.5 Å². The molecule has 0 bridgehead atoms. The van der Waals surface area contributed by atoms with Crippen LogP contribution in [0, 0.1) is 0 Å². The maximum absolute atomic E-state index is 14.0. The highest BCUT2D eigenvalue weighted by atomic mass is 31.2. The SMILES string of the molecule is O=C(O)c1cccc2c1C(=O)OC21c2ccc(O)cc2Oc2cc(OP(=O)(Oc3ccccc3)Oc3ccccc3)ccc21. The first-order chi connectivity index (χ1) is 21.3. The Morgan fingerprint density at radius 3 is 1.91 bits per heavy atom. The largest absolute Gasteiger partial charge is 0.647 e. The van der Waals surface area contributed by atoms with E-state index >= 15 is 0 Å². The summed E-state index contributed by atoms with van der Waals surface area (Å²) in [6, 6.07) is 30.0. The van der Waals surface area contributed by atoms with Gasteiger partial charge in [-0.05, 0) is 54.6 Å². The number of esters is 1. The van der Waals surface area contributed by atoms with Crippen LogP contribution in [0.1, 0.15) is 37.4 Å². The van der Waals surface area contributed by atoms with E-state index in [0.717, 1.165) is 0 Å². The van der Waals surface area contributed by atoms with E-state index in [4.69, 9.17) is 23.0 Å². The molecule has 218 valence electrons. The number of rotatable bonds is 7. The third kappa shape index (κ3) is 4.49. The number of ether oxygens (including phenoxy) is 2. The molecule has 11 heteroatoms. The Morgan fingerprint density at radius 1 is 0.682 bits per heavy atom. The van der Waals surface area contributed by atoms with Gasteiger partial charge in [0.2, 0.25) is 0 Å². The van der Waals surface area contributed by atoms with E-state index in [1.807, 2.05) is 0 Å². The van der Waals surface area contributed by atoms with Crippen LogP contribution in [0.3, 0.4) is 0 Å². The fourth-order valence-corrected chi connectivity index (χ4v) is 6.62. The molecule has 44 heavy (non-hydrogen) atoms. The number of fused-ring (bicyclic) bond motifs is 6. The number of carbonyl (C=O) groups excluding carboxylic acids is 1. The molecule has 1 unspecified atom stereocenters. The number of aromatic carboxylic acids is 1. The first kappa shape index (κ1) is 27.1. The molecule has 0 saturated heterocycles. The van der Waals surface area contributed by atoms with Crippen LogP contribution < -0.4 is 18.3 Å². The first-order valence-corrected chi connectivity index (χ1v) is 14.8. The van der Waals surface area contributed by atoms with Gasteiger partial charge in [-0.15, -0.1) is 0 Å². The number of phenols is 1. The van der Waals surface area contributed by atoms with Gasteiger partial charge in [-0.2, -0.15) is 4.57 Å². The Kier molecular flexibility index (Phi) is 6.30. The molecular weight excluding hydrogens is 587 g/mol. The van der Waals surface area contributed by atoms with Crippen LogP contribution in [0.4, 0.5) is 0 Å². The molecular formula is C33H21O10P. The molecule has 2 aliphatic rings. The Hall–Kier alpha value is -5.73. The van der Waals surface area contributed by atoms with Crippen molar-refractivity contribution >= 4 is 19.8 Å². The zero-order valence-corrected chi connectivity index (χ0v) is 23.5. The molecule has 2 heterocycles.